The summed E-state index contributed by atoms with van der Waals surface area (Å²) in [5.74, 6) is 2.02. The summed E-state index contributed by atoms with van der Waals surface area (Å²) < 4.78 is 0. The van der Waals surface area contributed by atoms with Gasteiger partial charge < -0.3 is 0 Å². The highest BCUT2D eigenvalue weighted by Gasteiger charge is 2.18. The van der Waals surface area contributed by atoms with Crippen LogP contribution in [0.2, 0.25) is 0 Å². The first-order valence-corrected chi connectivity index (χ1v) is 5.70. The van der Waals surface area contributed by atoms with Crippen LogP contribution in [0.5, 0.6) is 0 Å². The predicted molar refractivity (Wildman–Crippen MR) is 54.9 cm³/mol. The van der Waals surface area contributed by atoms with E-state index in [0.717, 1.165) is 11.8 Å². The number of hydrogen-bond acceptors (Lipinski definition) is 0. The standard InChI is InChI=1S/C12H23/c1-3-5-6-12-9-7-11(4-2)8-10-12/h6,11-12H,3-5,7-10H2,1-2H3. The maximum atomic E-state index is 2.56. The van der Waals surface area contributed by atoms with Crippen LogP contribution in [0.25, 0.3) is 0 Å². The van der Waals surface area contributed by atoms with Gasteiger partial charge in [0.05, 0.1) is 0 Å². The van der Waals surface area contributed by atoms with Gasteiger partial charge >= 0.3 is 0 Å². The summed E-state index contributed by atoms with van der Waals surface area (Å²) in [5.41, 5.74) is 0. The van der Waals surface area contributed by atoms with E-state index in [-0.39, 0.29) is 0 Å². The Bertz CT molecular complexity index is 98.6. The van der Waals surface area contributed by atoms with Crippen molar-refractivity contribution in [3.8, 4) is 0 Å². The average Bonchev–Trinajstić information content (AvgIpc) is 2.15. The lowest BCUT2D eigenvalue weighted by Crippen LogP contribution is -2.14. The molecule has 0 bridgehead atoms. The lowest BCUT2D eigenvalue weighted by Gasteiger charge is -2.27. The molecule has 1 aliphatic rings. The van der Waals surface area contributed by atoms with Crippen molar-refractivity contribution in [2.45, 2.75) is 58.8 Å². The van der Waals surface area contributed by atoms with Crippen LogP contribution in [-0.2, 0) is 0 Å². The molecule has 71 valence electrons. The monoisotopic (exact) mass is 167 g/mol. The van der Waals surface area contributed by atoms with E-state index in [1.807, 2.05) is 0 Å². The van der Waals surface area contributed by atoms with E-state index in [9.17, 15) is 0 Å². The van der Waals surface area contributed by atoms with Gasteiger partial charge in [0.25, 0.3) is 0 Å². The molecule has 12 heavy (non-hydrogen) atoms. The van der Waals surface area contributed by atoms with Crippen LogP contribution in [0.1, 0.15) is 58.8 Å². The summed E-state index contributed by atoms with van der Waals surface area (Å²) >= 11 is 0. The van der Waals surface area contributed by atoms with E-state index in [1.54, 1.807) is 0 Å². The van der Waals surface area contributed by atoms with E-state index in [1.165, 1.54) is 44.9 Å². The predicted octanol–water partition coefficient (Wildman–Crippen LogP) is 4.21. The maximum Gasteiger partial charge on any atom is -0.0355 e. The first kappa shape index (κ1) is 10.1. The summed E-state index contributed by atoms with van der Waals surface area (Å²) in [6.07, 6.45) is 12.5. The van der Waals surface area contributed by atoms with Crippen LogP contribution in [-0.4, -0.2) is 0 Å². The molecular formula is C12H23. The Labute approximate surface area is 77.7 Å². The van der Waals surface area contributed by atoms with Gasteiger partial charge in [-0.05, 0) is 31.1 Å². The van der Waals surface area contributed by atoms with Gasteiger partial charge in [0.1, 0.15) is 0 Å². The molecule has 0 aliphatic heterocycles. The van der Waals surface area contributed by atoms with E-state index >= 15 is 0 Å². The van der Waals surface area contributed by atoms with E-state index < -0.39 is 0 Å². The first-order valence-electron chi connectivity index (χ1n) is 5.70. The van der Waals surface area contributed by atoms with Crippen LogP contribution in [0.3, 0.4) is 0 Å². The molecule has 1 rings (SSSR count). The maximum absolute atomic E-state index is 2.56. The Morgan fingerprint density at radius 1 is 1.08 bits per heavy atom. The van der Waals surface area contributed by atoms with Crippen LogP contribution in [0, 0.1) is 18.3 Å². The van der Waals surface area contributed by atoms with Gasteiger partial charge in [-0.25, -0.2) is 0 Å². The minimum atomic E-state index is 0.966. The average molecular weight is 167 g/mol. The highest BCUT2D eigenvalue weighted by Crippen LogP contribution is 2.32. The van der Waals surface area contributed by atoms with Gasteiger partial charge in [-0.2, -0.15) is 0 Å². The van der Waals surface area contributed by atoms with Crippen LogP contribution in [0.4, 0.5) is 0 Å². The number of hydrogen-bond donors (Lipinski definition) is 0. The van der Waals surface area contributed by atoms with Crippen LogP contribution >= 0.6 is 0 Å². The van der Waals surface area contributed by atoms with Crippen molar-refractivity contribution in [1.82, 2.24) is 0 Å². The van der Waals surface area contributed by atoms with Gasteiger partial charge in [-0.3, -0.25) is 0 Å². The molecule has 0 aromatic heterocycles. The highest BCUT2D eigenvalue weighted by atomic mass is 14.2. The third-order valence-corrected chi connectivity index (χ3v) is 3.26. The SMILES string of the molecule is CCC[CH]C1CCC(CC)CC1. The fraction of sp³-hybridized carbons (Fsp3) is 0.917. The molecule has 0 unspecified atom stereocenters. The molecule has 0 aromatic carbocycles. The van der Waals surface area contributed by atoms with Crippen molar-refractivity contribution in [2.75, 3.05) is 0 Å². The summed E-state index contributed by atoms with van der Waals surface area (Å²) in [7, 11) is 0. The second-order valence-electron chi connectivity index (χ2n) is 4.21. The zero-order chi connectivity index (χ0) is 8.81. The Morgan fingerprint density at radius 3 is 2.25 bits per heavy atom. The molecule has 1 fully saturated rings. The van der Waals surface area contributed by atoms with Gasteiger partial charge in [0.2, 0.25) is 0 Å². The lowest BCUT2D eigenvalue weighted by molar-refractivity contribution is 0.288. The number of rotatable bonds is 4. The van der Waals surface area contributed by atoms with Crippen LogP contribution in [0.15, 0.2) is 0 Å². The Kier molecular flexibility index (Phi) is 4.72. The van der Waals surface area contributed by atoms with Crippen molar-refractivity contribution >= 4 is 0 Å². The Hall–Kier alpha value is 0. The van der Waals surface area contributed by atoms with Gasteiger partial charge in [0.15, 0.2) is 0 Å². The van der Waals surface area contributed by atoms with Crippen molar-refractivity contribution in [2.24, 2.45) is 11.8 Å². The summed E-state index contributed by atoms with van der Waals surface area (Å²) in [6, 6.07) is 0. The molecule has 0 aromatic rings. The minimum absolute atomic E-state index is 0.966. The Balaban J connectivity index is 2.09. The van der Waals surface area contributed by atoms with Gasteiger partial charge in [-0.1, -0.05) is 46.0 Å². The quantitative estimate of drug-likeness (QED) is 0.588. The Morgan fingerprint density at radius 2 is 1.75 bits per heavy atom. The van der Waals surface area contributed by atoms with Crippen molar-refractivity contribution in [3.05, 3.63) is 6.42 Å². The molecule has 1 saturated carbocycles. The third kappa shape index (κ3) is 3.16. The smallest absolute Gasteiger partial charge is 0.0355 e. The molecule has 0 atom stereocenters. The molecule has 0 nitrogen and oxygen atoms in total. The molecule has 0 saturated heterocycles. The fourth-order valence-electron chi connectivity index (χ4n) is 2.23. The second-order valence-corrected chi connectivity index (χ2v) is 4.21. The second kappa shape index (κ2) is 5.61. The third-order valence-electron chi connectivity index (χ3n) is 3.26. The lowest BCUT2D eigenvalue weighted by atomic mass is 9.79. The largest absolute Gasteiger partial charge is 0.0654 e. The van der Waals surface area contributed by atoms with E-state index in [4.69, 9.17) is 0 Å². The molecule has 0 heteroatoms. The minimum Gasteiger partial charge on any atom is -0.0654 e. The molecule has 1 radical (unpaired) electrons. The van der Waals surface area contributed by atoms with Crippen LogP contribution < -0.4 is 0 Å². The molecule has 0 heterocycles. The van der Waals surface area contributed by atoms with Crippen molar-refractivity contribution < 1.29 is 0 Å². The normalized spacial score (nSPS) is 30.5. The molecule has 0 spiro atoms. The molecule has 1 aliphatic carbocycles. The zero-order valence-corrected chi connectivity index (χ0v) is 8.68. The first-order chi connectivity index (χ1) is 5.86. The zero-order valence-electron chi connectivity index (χ0n) is 8.68. The highest BCUT2D eigenvalue weighted by molar-refractivity contribution is 4.81. The number of unbranched alkanes of at least 4 members (excludes halogenated alkanes) is 1. The van der Waals surface area contributed by atoms with Gasteiger partial charge in [0, 0.05) is 0 Å². The fourth-order valence-corrected chi connectivity index (χ4v) is 2.23. The summed E-state index contributed by atoms with van der Waals surface area (Å²) in [4.78, 5) is 0. The van der Waals surface area contributed by atoms with Gasteiger partial charge in [-0.15, -0.1) is 0 Å². The topological polar surface area (TPSA) is 0 Å². The van der Waals surface area contributed by atoms with E-state index in [0.29, 0.717) is 0 Å². The van der Waals surface area contributed by atoms with E-state index in [2.05, 4.69) is 20.3 Å². The molecule has 0 N–H and O–H groups in total. The molecular weight excluding hydrogens is 144 g/mol. The van der Waals surface area contributed by atoms with Crippen molar-refractivity contribution in [1.29, 1.82) is 0 Å². The van der Waals surface area contributed by atoms with Crippen molar-refractivity contribution in [3.63, 3.8) is 0 Å². The summed E-state index contributed by atoms with van der Waals surface area (Å²) in [5, 5.41) is 0. The summed E-state index contributed by atoms with van der Waals surface area (Å²) in [6.45, 7) is 4.61. The molecule has 0 amide bonds.